The number of benzene rings is 1. The van der Waals surface area contributed by atoms with Crippen LogP contribution in [0.4, 0.5) is 11.4 Å². The molecule has 21 heavy (non-hydrogen) atoms. The number of hydrogen-bond acceptors (Lipinski definition) is 5. The number of anilines is 2. The van der Waals surface area contributed by atoms with Gasteiger partial charge in [0.2, 0.25) is 10.0 Å². The minimum Gasteiger partial charge on any atom is -0.399 e. The molecule has 0 radical (unpaired) electrons. The van der Waals surface area contributed by atoms with Gasteiger partial charge in [-0.3, -0.25) is 0 Å². The van der Waals surface area contributed by atoms with E-state index in [1.54, 1.807) is 12.1 Å². The summed E-state index contributed by atoms with van der Waals surface area (Å²) >= 11 is 0. The Labute approximate surface area is 127 Å². The average Bonchev–Trinajstić information content (AvgIpc) is 2.80. The van der Waals surface area contributed by atoms with Crippen molar-refractivity contribution in [2.24, 2.45) is 5.92 Å². The highest BCUT2D eigenvalue weighted by Gasteiger charge is 2.33. The third-order valence-corrected chi connectivity index (χ3v) is 5.56. The Kier molecular flexibility index (Phi) is 4.46. The van der Waals surface area contributed by atoms with Gasteiger partial charge in [-0.2, -0.15) is 0 Å². The summed E-state index contributed by atoms with van der Waals surface area (Å²) in [4.78, 5) is 4.56. The number of likely N-dealkylation sites (N-methyl/N-ethyl adjacent to an activating group) is 1. The van der Waals surface area contributed by atoms with E-state index < -0.39 is 10.0 Å². The number of rotatable bonds is 4. The predicted octanol–water partition coefficient (Wildman–Crippen LogP) is 0.563. The second kappa shape index (κ2) is 5.82. The molecule has 1 fully saturated rings. The van der Waals surface area contributed by atoms with Crippen LogP contribution >= 0.6 is 0 Å². The molecule has 2 unspecified atom stereocenters. The largest absolute Gasteiger partial charge is 0.399 e. The zero-order chi connectivity index (χ0) is 15.8. The molecule has 118 valence electrons. The molecule has 0 spiro atoms. The van der Waals surface area contributed by atoms with Crippen LogP contribution in [0.5, 0.6) is 0 Å². The zero-order valence-corrected chi connectivity index (χ0v) is 13.8. The maximum absolute atomic E-state index is 12.2. The highest BCUT2D eigenvalue weighted by atomic mass is 32.2. The van der Waals surface area contributed by atoms with E-state index in [9.17, 15) is 8.42 Å². The number of sulfonamides is 1. The summed E-state index contributed by atoms with van der Waals surface area (Å²) in [5.74, 6) is 0.475. The van der Waals surface area contributed by atoms with Gasteiger partial charge in [-0.05, 0) is 45.3 Å². The smallest absolute Gasteiger partial charge is 0.242 e. The molecule has 0 aromatic heterocycles. The molecule has 2 rings (SSSR count). The molecule has 0 amide bonds. The molecule has 7 heteroatoms. The van der Waals surface area contributed by atoms with Gasteiger partial charge in [-0.25, -0.2) is 13.1 Å². The standard InChI is InChI=1S/C14H24N4O2S/c1-10-8-18(9-13(10)17(3)4)12-6-5-11(15)7-14(12)21(19,20)16-2/h5-7,10,13,16H,8-9,15H2,1-4H3. The molecule has 0 aliphatic carbocycles. The van der Waals surface area contributed by atoms with E-state index in [-0.39, 0.29) is 4.90 Å². The van der Waals surface area contributed by atoms with Crippen molar-refractivity contribution in [2.45, 2.75) is 17.9 Å². The molecule has 1 aromatic carbocycles. The number of nitrogens with one attached hydrogen (secondary N) is 1. The minimum atomic E-state index is -3.53. The number of nitrogens with zero attached hydrogens (tertiary/aromatic N) is 2. The maximum atomic E-state index is 12.2. The molecule has 1 saturated heterocycles. The van der Waals surface area contributed by atoms with Gasteiger partial charge < -0.3 is 15.5 Å². The number of nitrogens with two attached hydrogens (primary N) is 1. The van der Waals surface area contributed by atoms with E-state index in [1.807, 2.05) is 0 Å². The first-order chi connectivity index (χ1) is 9.76. The van der Waals surface area contributed by atoms with Crippen molar-refractivity contribution < 1.29 is 8.42 Å². The van der Waals surface area contributed by atoms with E-state index in [2.05, 4.69) is 35.5 Å². The first kappa shape index (κ1) is 16.1. The molecule has 0 saturated carbocycles. The molecule has 0 bridgehead atoms. The average molecular weight is 312 g/mol. The van der Waals surface area contributed by atoms with Crippen LogP contribution in [0.3, 0.4) is 0 Å². The van der Waals surface area contributed by atoms with Crippen LogP contribution in [0.25, 0.3) is 0 Å². The lowest BCUT2D eigenvalue weighted by atomic mass is 10.1. The van der Waals surface area contributed by atoms with Gasteiger partial charge in [0.05, 0.1) is 5.69 Å². The summed E-state index contributed by atoms with van der Waals surface area (Å²) in [7, 11) is 1.99. The van der Waals surface area contributed by atoms with E-state index in [4.69, 9.17) is 5.73 Å². The van der Waals surface area contributed by atoms with E-state index in [0.29, 0.717) is 17.6 Å². The van der Waals surface area contributed by atoms with Gasteiger partial charge in [0.25, 0.3) is 0 Å². The van der Waals surface area contributed by atoms with Crippen molar-refractivity contribution in [3.8, 4) is 0 Å². The Balaban J connectivity index is 2.42. The van der Waals surface area contributed by atoms with Crippen LogP contribution in [-0.4, -0.2) is 53.6 Å². The lowest BCUT2D eigenvalue weighted by Crippen LogP contribution is -2.34. The van der Waals surface area contributed by atoms with Gasteiger partial charge in [-0.1, -0.05) is 6.92 Å². The highest BCUT2D eigenvalue weighted by molar-refractivity contribution is 7.89. The fourth-order valence-corrected chi connectivity index (χ4v) is 3.92. The topological polar surface area (TPSA) is 78.7 Å². The second-order valence-electron chi connectivity index (χ2n) is 5.85. The van der Waals surface area contributed by atoms with E-state index >= 15 is 0 Å². The summed E-state index contributed by atoms with van der Waals surface area (Å²) in [6.45, 7) is 3.83. The summed E-state index contributed by atoms with van der Waals surface area (Å²) in [6.07, 6.45) is 0. The summed E-state index contributed by atoms with van der Waals surface area (Å²) in [5.41, 5.74) is 6.93. The van der Waals surface area contributed by atoms with E-state index in [0.717, 1.165) is 18.8 Å². The van der Waals surface area contributed by atoms with Gasteiger partial charge in [0, 0.05) is 24.8 Å². The van der Waals surface area contributed by atoms with Crippen LogP contribution in [0.2, 0.25) is 0 Å². The highest BCUT2D eigenvalue weighted by Crippen LogP contribution is 2.32. The third-order valence-electron chi connectivity index (χ3n) is 4.12. The fraction of sp³-hybridized carbons (Fsp3) is 0.571. The summed E-state index contributed by atoms with van der Waals surface area (Å²) in [5, 5.41) is 0. The van der Waals surface area contributed by atoms with Gasteiger partial charge >= 0.3 is 0 Å². The molecule has 1 aliphatic rings. The Morgan fingerprint density at radius 1 is 1.33 bits per heavy atom. The van der Waals surface area contributed by atoms with Crippen molar-refractivity contribution in [3.05, 3.63) is 18.2 Å². The van der Waals surface area contributed by atoms with Gasteiger partial charge in [0.15, 0.2) is 0 Å². The second-order valence-corrected chi connectivity index (χ2v) is 7.70. The Morgan fingerprint density at radius 3 is 2.52 bits per heavy atom. The molecular formula is C14H24N4O2S. The van der Waals surface area contributed by atoms with Crippen LogP contribution in [0.15, 0.2) is 23.1 Å². The number of nitrogen functional groups attached to an aromatic ring is 1. The SMILES string of the molecule is CNS(=O)(=O)c1cc(N)ccc1N1CC(C)C(N(C)C)C1. The summed E-state index contributed by atoms with van der Waals surface area (Å²) in [6, 6.07) is 5.48. The van der Waals surface area contributed by atoms with Crippen molar-refractivity contribution in [1.29, 1.82) is 0 Å². The summed E-state index contributed by atoms with van der Waals surface area (Å²) < 4.78 is 26.8. The predicted molar refractivity (Wildman–Crippen MR) is 86.0 cm³/mol. The van der Waals surface area contributed by atoms with Gasteiger partial charge in [0.1, 0.15) is 4.90 Å². The van der Waals surface area contributed by atoms with Crippen LogP contribution in [0, 0.1) is 5.92 Å². The molecule has 3 N–H and O–H groups in total. The first-order valence-corrected chi connectivity index (χ1v) is 8.49. The third kappa shape index (κ3) is 3.14. The lowest BCUT2D eigenvalue weighted by Gasteiger charge is -2.24. The van der Waals surface area contributed by atoms with E-state index in [1.165, 1.54) is 13.1 Å². The van der Waals surface area contributed by atoms with Crippen LogP contribution in [-0.2, 0) is 10.0 Å². The fourth-order valence-electron chi connectivity index (χ4n) is 2.94. The molecule has 2 atom stereocenters. The Hall–Kier alpha value is -1.31. The monoisotopic (exact) mass is 312 g/mol. The lowest BCUT2D eigenvalue weighted by molar-refractivity contribution is 0.266. The number of hydrogen-bond donors (Lipinski definition) is 2. The first-order valence-electron chi connectivity index (χ1n) is 7.00. The quantitative estimate of drug-likeness (QED) is 0.795. The van der Waals surface area contributed by atoms with Crippen molar-refractivity contribution in [3.63, 3.8) is 0 Å². The normalized spacial score (nSPS) is 23.0. The van der Waals surface area contributed by atoms with Gasteiger partial charge in [-0.15, -0.1) is 0 Å². The molecule has 1 heterocycles. The maximum Gasteiger partial charge on any atom is 0.242 e. The van der Waals surface area contributed by atoms with Crippen molar-refractivity contribution in [2.75, 3.05) is 44.9 Å². The minimum absolute atomic E-state index is 0.247. The van der Waals surface area contributed by atoms with Crippen LogP contribution in [0.1, 0.15) is 6.92 Å². The zero-order valence-electron chi connectivity index (χ0n) is 13.0. The Morgan fingerprint density at radius 2 is 2.00 bits per heavy atom. The van der Waals surface area contributed by atoms with Crippen molar-refractivity contribution in [1.82, 2.24) is 9.62 Å². The molecule has 6 nitrogen and oxygen atoms in total. The molecule has 1 aromatic rings. The Bertz CT molecular complexity index is 615. The van der Waals surface area contributed by atoms with Crippen molar-refractivity contribution >= 4 is 21.4 Å². The molecular weight excluding hydrogens is 288 g/mol. The molecule has 1 aliphatic heterocycles. The van der Waals surface area contributed by atoms with Crippen LogP contribution < -0.4 is 15.4 Å².